The van der Waals surface area contributed by atoms with Gasteiger partial charge in [-0.05, 0) is 18.0 Å². The largest absolute Gasteiger partial charge is 0.369 e. The second-order valence-corrected chi connectivity index (χ2v) is 6.37. The Morgan fingerprint density at radius 2 is 1.91 bits per heavy atom. The number of aromatic nitrogens is 2. The first-order chi connectivity index (χ1) is 10.9. The van der Waals surface area contributed by atoms with E-state index in [2.05, 4.69) is 9.59 Å². The average molecular weight is 339 g/mol. The highest BCUT2D eigenvalue weighted by molar-refractivity contribution is 7.08. The maximum atomic E-state index is 12.8. The van der Waals surface area contributed by atoms with Gasteiger partial charge in [0.15, 0.2) is 0 Å². The molecule has 1 saturated heterocycles. The van der Waals surface area contributed by atoms with Gasteiger partial charge in [0.25, 0.3) is 5.91 Å². The van der Waals surface area contributed by atoms with Crippen LogP contribution in [0, 0.1) is 5.92 Å². The molecule has 1 atom stereocenters. The minimum absolute atomic E-state index is 0.128. The number of primary amides is 1. The van der Waals surface area contributed by atoms with E-state index in [1.54, 1.807) is 9.80 Å². The summed E-state index contributed by atoms with van der Waals surface area (Å²) in [6.45, 7) is 4.67. The summed E-state index contributed by atoms with van der Waals surface area (Å²) in [5.74, 6) is -1.40. The topological polar surface area (TPSA) is 109 Å². The van der Waals surface area contributed by atoms with Gasteiger partial charge in [0.1, 0.15) is 4.88 Å². The van der Waals surface area contributed by atoms with Gasteiger partial charge in [-0.2, -0.15) is 0 Å². The van der Waals surface area contributed by atoms with E-state index >= 15 is 0 Å². The highest BCUT2D eigenvalue weighted by atomic mass is 32.1. The third kappa shape index (κ3) is 4.04. The zero-order valence-corrected chi connectivity index (χ0v) is 14.1. The fraction of sp³-hybridized carbons (Fsp3) is 0.643. The predicted molar refractivity (Wildman–Crippen MR) is 84.7 cm³/mol. The van der Waals surface area contributed by atoms with Gasteiger partial charge in [-0.1, -0.05) is 17.8 Å². The van der Waals surface area contributed by atoms with Crippen LogP contribution in [-0.4, -0.2) is 63.3 Å². The number of amides is 3. The zero-order valence-electron chi connectivity index (χ0n) is 13.3. The Balaban J connectivity index is 2.20. The van der Waals surface area contributed by atoms with Crippen LogP contribution < -0.4 is 5.73 Å². The monoisotopic (exact) mass is 339 g/mol. The molecule has 1 unspecified atom stereocenters. The predicted octanol–water partition coefficient (Wildman–Crippen LogP) is -0.104. The van der Waals surface area contributed by atoms with Gasteiger partial charge in [-0.3, -0.25) is 14.4 Å². The lowest BCUT2D eigenvalue weighted by atomic mass is 10.1. The summed E-state index contributed by atoms with van der Waals surface area (Å²) in [5.41, 5.74) is 6.11. The van der Waals surface area contributed by atoms with E-state index in [1.807, 2.05) is 6.92 Å². The van der Waals surface area contributed by atoms with Gasteiger partial charge in [0, 0.05) is 33.1 Å². The minimum Gasteiger partial charge on any atom is -0.369 e. The molecule has 1 aliphatic rings. The Labute approximate surface area is 138 Å². The Hall–Kier alpha value is -2.03. The lowest BCUT2D eigenvalue weighted by Gasteiger charge is -2.21. The van der Waals surface area contributed by atoms with Crippen LogP contribution in [0.15, 0.2) is 0 Å². The minimum atomic E-state index is -0.569. The standard InChI is InChI=1S/C14H21N5O3S/c1-3-4-11-12(23-17-16-11)14(22)19-6-5-18(9(2)20)7-10(8-19)13(15)21/h10H,3-8H2,1-2H3,(H2,15,21). The number of carbonyl (C=O) groups is 3. The third-order valence-corrected chi connectivity index (χ3v) is 4.65. The number of nitrogens with zero attached hydrogens (tertiary/aromatic N) is 4. The maximum Gasteiger partial charge on any atom is 0.267 e. The van der Waals surface area contributed by atoms with Crippen molar-refractivity contribution in [3.63, 3.8) is 0 Å². The molecule has 1 fully saturated rings. The van der Waals surface area contributed by atoms with Gasteiger partial charge in [-0.25, -0.2) is 0 Å². The van der Waals surface area contributed by atoms with E-state index in [-0.39, 0.29) is 24.9 Å². The van der Waals surface area contributed by atoms with E-state index < -0.39 is 11.8 Å². The molecule has 0 saturated carbocycles. The fourth-order valence-corrected chi connectivity index (χ4v) is 3.26. The molecule has 0 spiro atoms. The molecule has 3 amide bonds. The molecule has 1 aromatic heterocycles. The Kier molecular flexibility index (Phi) is 5.64. The van der Waals surface area contributed by atoms with Crippen LogP contribution in [-0.2, 0) is 16.0 Å². The Morgan fingerprint density at radius 1 is 1.26 bits per heavy atom. The quantitative estimate of drug-likeness (QED) is 0.823. The summed E-state index contributed by atoms with van der Waals surface area (Å²) < 4.78 is 3.87. The van der Waals surface area contributed by atoms with Gasteiger partial charge in [0.2, 0.25) is 11.8 Å². The molecule has 2 heterocycles. The molecular formula is C14H21N5O3S. The molecule has 9 heteroatoms. The first-order valence-electron chi connectivity index (χ1n) is 7.59. The van der Waals surface area contributed by atoms with Crippen LogP contribution in [0.1, 0.15) is 35.6 Å². The molecule has 23 heavy (non-hydrogen) atoms. The van der Waals surface area contributed by atoms with Gasteiger partial charge >= 0.3 is 0 Å². The molecule has 0 radical (unpaired) electrons. The lowest BCUT2D eigenvalue weighted by molar-refractivity contribution is -0.130. The molecule has 0 aromatic carbocycles. The van der Waals surface area contributed by atoms with Crippen molar-refractivity contribution in [1.29, 1.82) is 0 Å². The maximum absolute atomic E-state index is 12.8. The third-order valence-electron chi connectivity index (χ3n) is 3.89. The number of rotatable bonds is 4. The highest BCUT2D eigenvalue weighted by Crippen LogP contribution is 2.18. The molecule has 126 valence electrons. The fourth-order valence-electron chi connectivity index (χ4n) is 2.58. The van der Waals surface area contributed by atoms with E-state index in [1.165, 1.54) is 6.92 Å². The molecule has 2 rings (SSSR count). The number of nitrogens with two attached hydrogens (primary N) is 1. The van der Waals surface area contributed by atoms with Crippen molar-refractivity contribution < 1.29 is 14.4 Å². The molecule has 2 N–H and O–H groups in total. The first-order valence-corrected chi connectivity index (χ1v) is 8.36. The van der Waals surface area contributed by atoms with Crippen molar-refractivity contribution >= 4 is 29.3 Å². The van der Waals surface area contributed by atoms with Crippen molar-refractivity contribution in [2.45, 2.75) is 26.7 Å². The molecule has 1 aliphatic heterocycles. The van der Waals surface area contributed by atoms with Crippen LogP contribution in [0.4, 0.5) is 0 Å². The van der Waals surface area contributed by atoms with Crippen molar-refractivity contribution in [3.8, 4) is 0 Å². The SMILES string of the molecule is CCCc1nnsc1C(=O)N1CCN(C(C)=O)CC(C(N)=O)C1. The second kappa shape index (κ2) is 7.49. The number of hydrogen-bond donors (Lipinski definition) is 1. The summed E-state index contributed by atoms with van der Waals surface area (Å²) in [7, 11) is 0. The van der Waals surface area contributed by atoms with E-state index in [4.69, 9.17) is 5.73 Å². The first kappa shape index (κ1) is 17.3. The van der Waals surface area contributed by atoms with Crippen molar-refractivity contribution in [3.05, 3.63) is 10.6 Å². The molecular weight excluding hydrogens is 318 g/mol. The normalized spacial score (nSPS) is 18.6. The molecule has 0 bridgehead atoms. The van der Waals surface area contributed by atoms with E-state index in [0.717, 1.165) is 18.0 Å². The van der Waals surface area contributed by atoms with Crippen molar-refractivity contribution in [2.24, 2.45) is 11.7 Å². The zero-order chi connectivity index (χ0) is 17.0. The molecule has 0 aliphatic carbocycles. The summed E-state index contributed by atoms with van der Waals surface area (Å²) in [6.07, 6.45) is 1.55. The Bertz CT molecular complexity index is 603. The Morgan fingerprint density at radius 3 is 2.52 bits per heavy atom. The lowest BCUT2D eigenvalue weighted by Crippen LogP contribution is -2.40. The summed E-state index contributed by atoms with van der Waals surface area (Å²) in [6, 6.07) is 0. The average Bonchev–Trinajstić information content (AvgIpc) is 2.83. The van der Waals surface area contributed by atoms with E-state index in [9.17, 15) is 14.4 Å². The van der Waals surface area contributed by atoms with Crippen LogP contribution in [0.3, 0.4) is 0 Å². The number of carbonyl (C=O) groups excluding carboxylic acids is 3. The summed E-state index contributed by atoms with van der Waals surface area (Å²) in [5, 5.41) is 4.01. The molecule has 8 nitrogen and oxygen atoms in total. The van der Waals surface area contributed by atoms with Crippen LogP contribution in [0.2, 0.25) is 0 Å². The highest BCUT2D eigenvalue weighted by Gasteiger charge is 2.31. The van der Waals surface area contributed by atoms with Crippen LogP contribution in [0.25, 0.3) is 0 Å². The van der Waals surface area contributed by atoms with Crippen LogP contribution in [0.5, 0.6) is 0 Å². The number of aryl methyl sites for hydroxylation is 1. The molecule has 1 aromatic rings. The summed E-state index contributed by atoms with van der Waals surface area (Å²) in [4.78, 5) is 39.6. The van der Waals surface area contributed by atoms with Gasteiger partial charge < -0.3 is 15.5 Å². The van der Waals surface area contributed by atoms with Gasteiger partial charge in [-0.15, -0.1) is 5.10 Å². The van der Waals surface area contributed by atoms with Crippen LogP contribution >= 0.6 is 11.5 Å². The van der Waals surface area contributed by atoms with Gasteiger partial charge in [0.05, 0.1) is 11.6 Å². The number of hydrogen-bond acceptors (Lipinski definition) is 6. The van der Waals surface area contributed by atoms with E-state index in [0.29, 0.717) is 30.1 Å². The summed E-state index contributed by atoms with van der Waals surface area (Å²) >= 11 is 1.07. The van der Waals surface area contributed by atoms with Crippen molar-refractivity contribution in [2.75, 3.05) is 26.2 Å². The smallest absolute Gasteiger partial charge is 0.267 e. The van der Waals surface area contributed by atoms with Crippen molar-refractivity contribution in [1.82, 2.24) is 19.4 Å². The second-order valence-electron chi connectivity index (χ2n) is 5.61.